The largest absolute Gasteiger partial charge is 0.361 e. The summed E-state index contributed by atoms with van der Waals surface area (Å²) in [7, 11) is -3.66. The van der Waals surface area contributed by atoms with E-state index in [4.69, 9.17) is 4.52 Å². The third-order valence-corrected chi connectivity index (χ3v) is 6.24. The van der Waals surface area contributed by atoms with Crippen LogP contribution >= 0.6 is 11.8 Å². The van der Waals surface area contributed by atoms with Crippen molar-refractivity contribution in [1.29, 1.82) is 0 Å². The van der Waals surface area contributed by atoms with E-state index in [-0.39, 0.29) is 16.6 Å². The summed E-state index contributed by atoms with van der Waals surface area (Å²) in [6.07, 6.45) is 0. The van der Waals surface area contributed by atoms with Crippen molar-refractivity contribution in [3.8, 4) is 0 Å². The van der Waals surface area contributed by atoms with Gasteiger partial charge in [0.2, 0.25) is 15.9 Å². The molecule has 7 nitrogen and oxygen atoms in total. The highest BCUT2D eigenvalue weighted by Crippen LogP contribution is 2.21. The number of sulfonamides is 1. The van der Waals surface area contributed by atoms with Crippen LogP contribution in [0.1, 0.15) is 37.8 Å². The topological polar surface area (TPSA) is 101 Å². The number of anilines is 1. The van der Waals surface area contributed by atoms with Crippen molar-refractivity contribution in [2.45, 2.75) is 50.8 Å². The van der Waals surface area contributed by atoms with Crippen molar-refractivity contribution in [1.82, 2.24) is 9.88 Å². The monoisotopic (exact) mass is 411 g/mol. The molecular weight excluding hydrogens is 386 g/mol. The Morgan fingerprint density at radius 1 is 1.26 bits per heavy atom. The molecule has 0 bridgehead atoms. The van der Waals surface area contributed by atoms with Crippen LogP contribution in [0.25, 0.3) is 0 Å². The molecule has 0 spiro atoms. The van der Waals surface area contributed by atoms with Crippen LogP contribution in [-0.2, 0) is 20.6 Å². The number of carbonyl (C=O) groups excluding carboxylic acids is 1. The SMILES string of the molecule is Cc1noc(C)c1CSCC(=O)Nc1cccc(S(=O)(=O)NC(C)(C)C)c1. The molecule has 0 unspecified atom stereocenters. The molecule has 0 atom stereocenters. The van der Waals surface area contributed by atoms with Crippen LogP contribution in [0.4, 0.5) is 5.69 Å². The Morgan fingerprint density at radius 3 is 2.56 bits per heavy atom. The Balaban J connectivity index is 1.96. The van der Waals surface area contributed by atoms with E-state index in [0.29, 0.717) is 11.4 Å². The predicted molar refractivity (Wildman–Crippen MR) is 107 cm³/mol. The van der Waals surface area contributed by atoms with E-state index in [1.54, 1.807) is 32.9 Å². The van der Waals surface area contributed by atoms with E-state index in [0.717, 1.165) is 17.0 Å². The van der Waals surface area contributed by atoms with Gasteiger partial charge in [-0.15, -0.1) is 11.8 Å². The lowest BCUT2D eigenvalue weighted by Crippen LogP contribution is -2.40. The summed E-state index contributed by atoms with van der Waals surface area (Å²) in [6, 6.07) is 6.21. The standard InChI is InChI=1S/C18H25N3O4S2/c1-12-16(13(2)25-20-12)10-26-11-17(22)19-14-7-6-8-15(9-14)27(23,24)21-18(3,4)5/h6-9,21H,10-11H2,1-5H3,(H,19,22). The molecule has 1 heterocycles. The summed E-state index contributed by atoms with van der Waals surface area (Å²) in [6.45, 7) is 9.02. The average molecular weight is 412 g/mol. The molecule has 1 aromatic carbocycles. The third-order valence-electron chi connectivity index (χ3n) is 3.53. The average Bonchev–Trinajstić information content (AvgIpc) is 2.85. The zero-order valence-electron chi connectivity index (χ0n) is 16.1. The van der Waals surface area contributed by atoms with Crippen molar-refractivity contribution in [3.63, 3.8) is 0 Å². The fraction of sp³-hybridized carbons (Fsp3) is 0.444. The van der Waals surface area contributed by atoms with Gasteiger partial charge in [0.1, 0.15) is 5.76 Å². The van der Waals surface area contributed by atoms with Crippen molar-refractivity contribution in [2.24, 2.45) is 0 Å². The van der Waals surface area contributed by atoms with Gasteiger partial charge < -0.3 is 9.84 Å². The minimum absolute atomic E-state index is 0.110. The zero-order valence-corrected chi connectivity index (χ0v) is 17.8. The van der Waals surface area contributed by atoms with Crippen LogP contribution in [0.5, 0.6) is 0 Å². The van der Waals surface area contributed by atoms with Gasteiger partial charge in [0.15, 0.2) is 0 Å². The minimum atomic E-state index is -3.66. The van der Waals surface area contributed by atoms with E-state index in [1.807, 2.05) is 13.8 Å². The van der Waals surface area contributed by atoms with Crippen LogP contribution in [0.3, 0.4) is 0 Å². The molecule has 2 rings (SSSR count). The van der Waals surface area contributed by atoms with Gasteiger partial charge in [-0.2, -0.15) is 0 Å². The van der Waals surface area contributed by atoms with Crippen LogP contribution in [0.2, 0.25) is 0 Å². The van der Waals surface area contributed by atoms with Crippen LogP contribution in [-0.4, -0.2) is 30.8 Å². The Kier molecular flexibility index (Phi) is 6.72. The summed E-state index contributed by atoms with van der Waals surface area (Å²) in [4.78, 5) is 12.3. The lowest BCUT2D eigenvalue weighted by atomic mass is 10.1. The molecule has 1 aromatic heterocycles. The fourth-order valence-corrected chi connectivity index (χ4v) is 4.79. The Morgan fingerprint density at radius 2 is 1.96 bits per heavy atom. The van der Waals surface area contributed by atoms with Crippen molar-refractivity contribution in [3.05, 3.63) is 41.3 Å². The molecule has 0 aliphatic rings. The van der Waals surface area contributed by atoms with Crippen LogP contribution in [0.15, 0.2) is 33.7 Å². The molecule has 0 fully saturated rings. The number of nitrogens with one attached hydrogen (secondary N) is 2. The molecule has 0 radical (unpaired) electrons. The Hall–Kier alpha value is -1.84. The smallest absolute Gasteiger partial charge is 0.241 e. The van der Waals surface area contributed by atoms with E-state index < -0.39 is 15.6 Å². The molecule has 0 saturated carbocycles. The minimum Gasteiger partial charge on any atom is -0.361 e. The highest BCUT2D eigenvalue weighted by molar-refractivity contribution is 7.99. The van der Waals surface area contributed by atoms with Crippen molar-refractivity contribution in [2.75, 3.05) is 11.1 Å². The van der Waals surface area contributed by atoms with Gasteiger partial charge in [0.25, 0.3) is 0 Å². The normalized spacial score (nSPS) is 12.2. The van der Waals surface area contributed by atoms with E-state index >= 15 is 0 Å². The van der Waals surface area contributed by atoms with E-state index in [2.05, 4.69) is 15.2 Å². The highest BCUT2D eigenvalue weighted by Gasteiger charge is 2.22. The number of aromatic nitrogens is 1. The second-order valence-electron chi connectivity index (χ2n) is 7.23. The van der Waals surface area contributed by atoms with Gasteiger partial charge in [-0.05, 0) is 52.8 Å². The number of rotatable bonds is 7. The van der Waals surface area contributed by atoms with Gasteiger partial charge in [-0.3, -0.25) is 4.79 Å². The quantitative estimate of drug-likeness (QED) is 0.725. The Labute approximate surface area is 164 Å². The predicted octanol–water partition coefficient (Wildman–Crippen LogP) is 3.24. The number of hydrogen-bond donors (Lipinski definition) is 2. The second kappa shape index (κ2) is 8.45. The number of thioether (sulfide) groups is 1. The maximum Gasteiger partial charge on any atom is 0.241 e. The number of nitrogens with zero attached hydrogens (tertiary/aromatic N) is 1. The summed E-state index contributed by atoms with van der Waals surface area (Å²) in [5.41, 5.74) is 1.67. The first-order chi connectivity index (χ1) is 12.5. The first-order valence-corrected chi connectivity index (χ1v) is 11.0. The molecule has 148 valence electrons. The first-order valence-electron chi connectivity index (χ1n) is 8.41. The molecular formula is C18H25N3O4S2. The summed E-state index contributed by atoms with van der Waals surface area (Å²) < 4.78 is 32.5. The molecule has 2 N–H and O–H groups in total. The van der Waals surface area contributed by atoms with Gasteiger partial charge in [-0.25, -0.2) is 13.1 Å². The van der Waals surface area contributed by atoms with E-state index in [1.165, 1.54) is 23.9 Å². The van der Waals surface area contributed by atoms with Gasteiger partial charge in [0, 0.05) is 22.5 Å². The van der Waals surface area contributed by atoms with Crippen molar-refractivity contribution >= 4 is 33.4 Å². The molecule has 9 heteroatoms. The number of amides is 1. The number of benzene rings is 1. The Bertz CT molecular complexity index is 895. The van der Waals surface area contributed by atoms with Crippen molar-refractivity contribution < 1.29 is 17.7 Å². The van der Waals surface area contributed by atoms with Gasteiger partial charge >= 0.3 is 0 Å². The first kappa shape index (κ1) is 21.5. The van der Waals surface area contributed by atoms with Crippen LogP contribution in [0, 0.1) is 13.8 Å². The number of aryl methyl sites for hydroxylation is 2. The maximum absolute atomic E-state index is 12.4. The molecule has 0 aliphatic carbocycles. The maximum atomic E-state index is 12.4. The number of carbonyl (C=O) groups is 1. The summed E-state index contributed by atoms with van der Waals surface area (Å²) >= 11 is 1.44. The second-order valence-corrected chi connectivity index (χ2v) is 9.90. The lowest BCUT2D eigenvalue weighted by molar-refractivity contribution is -0.113. The molecule has 2 aromatic rings. The lowest BCUT2D eigenvalue weighted by Gasteiger charge is -2.20. The molecule has 1 amide bonds. The fourth-order valence-electron chi connectivity index (χ4n) is 2.35. The molecule has 0 saturated heterocycles. The summed E-state index contributed by atoms with van der Waals surface area (Å²) in [5, 5.41) is 6.62. The van der Waals surface area contributed by atoms with Gasteiger partial charge in [-0.1, -0.05) is 11.2 Å². The number of hydrogen-bond acceptors (Lipinski definition) is 6. The molecule has 27 heavy (non-hydrogen) atoms. The van der Waals surface area contributed by atoms with E-state index in [9.17, 15) is 13.2 Å². The van der Waals surface area contributed by atoms with Crippen LogP contribution < -0.4 is 10.0 Å². The molecule has 0 aliphatic heterocycles. The zero-order chi connectivity index (χ0) is 20.2. The van der Waals surface area contributed by atoms with Gasteiger partial charge in [0.05, 0.1) is 16.3 Å². The highest BCUT2D eigenvalue weighted by atomic mass is 32.2. The summed E-state index contributed by atoms with van der Waals surface area (Å²) in [5.74, 6) is 1.41. The third kappa shape index (κ3) is 6.37.